The lowest BCUT2D eigenvalue weighted by molar-refractivity contribution is -0.167. The van der Waals surface area contributed by atoms with Gasteiger partial charge in [-0.1, -0.05) is 251 Å². The number of hydrogen-bond donors (Lipinski definition) is 0. The largest absolute Gasteiger partial charge is 0.462 e. The van der Waals surface area contributed by atoms with Gasteiger partial charge in [-0.15, -0.1) is 0 Å². The van der Waals surface area contributed by atoms with Crippen LogP contribution in [0.25, 0.3) is 0 Å². The number of allylic oxidation sites excluding steroid dienone is 4. The molecular weight excluding hydrogens is 805 g/mol. The third-order valence-electron chi connectivity index (χ3n) is 12.9. The lowest BCUT2D eigenvalue weighted by Crippen LogP contribution is -2.30. The molecule has 0 radical (unpaired) electrons. The van der Waals surface area contributed by atoms with Crippen LogP contribution in [-0.4, -0.2) is 37.2 Å². The summed E-state index contributed by atoms with van der Waals surface area (Å²) in [5, 5.41) is 0. The minimum absolute atomic E-state index is 0.0729. The zero-order chi connectivity index (χ0) is 47.2. The van der Waals surface area contributed by atoms with Gasteiger partial charge in [0, 0.05) is 19.3 Å². The predicted molar refractivity (Wildman–Crippen MR) is 279 cm³/mol. The Labute approximate surface area is 404 Å². The van der Waals surface area contributed by atoms with Crippen molar-refractivity contribution < 1.29 is 28.6 Å². The smallest absolute Gasteiger partial charge is 0.306 e. The van der Waals surface area contributed by atoms with Crippen LogP contribution in [0.3, 0.4) is 0 Å². The molecule has 0 fully saturated rings. The van der Waals surface area contributed by atoms with Crippen LogP contribution in [0.1, 0.15) is 316 Å². The first kappa shape index (κ1) is 62.9. The minimum Gasteiger partial charge on any atom is -0.462 e. The SMILES string of the molecule is CCCCCCC/C=C\CCCCCCCC(=O)OC[C@H](COC(=O)CCCCCCCCCCCCCCCCCCCCC)OC(=O)CCCCCCC/C=C\CCCCCCC. The standard InChI is InChI=1S/C59H110O6/c1-4-7-10-13-16-19-22-25-28-29-30-31-32-35-37-40-43-46-49-52-58(61)64-55-56(65-59(62)53-50-47-44-41-38-34-27-24-21-18-15-12-9-6-3)54-63-57(60)51-48-45-42-39-36-33-26-23-20-17-14-11-8-5-2/h23-24,26-27,56H,4-22,25,28-55H2,1-3H3/b26-23-,27-24-/t56-/m1/s1. The normalized spacial score (nSPS) is 12.1. The van der Waals surface area contributed by atoms with Gasteiger partial charge < -0.3 is 14.2 Å². The second-order valence-corrected chi connectivity index (χ2v) is 19.6. The third-order valence-corrected chi connectivity index (χ3v) is 12.9. The Morgan fingerprint density at radius 1 is 0.292 bits per heavy atom. The maximum atomic E-state index is 12.8. The molecule has 6 heteroatoms. The fraction of sp³-hybridized carbons (Fsp3) is 0.881. The number of carbonyl (C=O) groups excluding carboxylic acids is 3. The van der Waals surface area contributed by atoms with Crippen LogP contribution in [0.5, 0.6) is 0 Å². The van der Waals surface area contributed by atoms with Gasteiger partial charge in [0.05, 0.1) is 0 Å². The molecule has 0 bridgehead atoms. The molecule has 0 rings (SSSR count). The van der Waals surface area contributed by atoms with Crippen molar-refractivity contribution in [3.63, 3.8) is 0 Å². The molecule has 0 aromatic carbocycles. The van der Waals surface area contributed by atoms with Crippen molar-refractivity contribution in [1.82, 2.24) is 0 Å². The van der Waals surface area contributed by atoms with Crippen LogP contribution >= 0.6 is 0 Å². The first-order valence-electron chi connectivity index (χ1n) is 28.8. The molecule has 0 spiro atoms. The summed E-state index contributed by atoms with van der Waals surface area (Å²) in [5.74, 6) is -0.871. The van der Waals surface area contributed by atoms with E-state index in [2.05, 4.69) is 45.1 Å². The van der Waals surface area contributed by atoms with Gasteiger partial charge in [0.1, 0.15) is 13.2 Å². The lowest BCUT2D eigenvalue weighted by atomic mass is 10.0. The minimum atomic E-state index is -0.775. The van der Waals surface area contributed by atoms with Gasteiger partial charge >= 0.3 is 17.9 Å². The van der Waals surface area contributed by atoms with E-state index in [9.17, 15) is 14.4 Å². The monoisotopic (exact) mass is 915 g/mol. The molecule has 6 nitrogen and oxygen atoms in total. The quantitative estimate of drug-likeness (QED) is 0.0262. The number of rotatable bonds is 53. The predicted octanol–water partition coefficient (Wildman–Crippen LogP) is 19.1. The Balaban J connectivity index is 4.31. The maximum Gasteiger partial charge on any atom is 0.306 e. The highest BCUT2D eigenvalue weighted by molar-refractivity contribution is 5.71. The van der Waals surface area contributed by atoms with E-state index in [-0.39, 0.29) is 31.1 Å². The van der Waals surface area contributed by atoms with Crippen LogP contribution in [0.4, 0.5) is 0 Å². The molecule has 0 heterocycles. The van der Waals surface area contributed by atoms with E-state index in [4.69, 9.17) is 14.2 Å². The Bertz CT molecular complexity index is 1050. The van der Waals surface area contributed by atoms with Crippen molar-refractivity contribution >= 4 is 17.9 Å². The van der Waals surface area contributed by atoms with Gasteiger partial charge in [0.25, 0.3) is 0 Å². The average molecular weight is 916 g/mol. The summed E-state index contributed by atoms with van der Waals surface area (Å²) in [6.45, 7) is 6.65. The van der Waals surface area contributed by atoms with Crippen molar-refractivity contribution in [2.75, 3.05) is 13.2 Å². The summed E-state index contributed by atoms with van der Waals surface area (Å²) >= 11 is 0. The first-order valence-corrected chi connectivity index (χ1v) is 28.8. The van der Waals surface area contributed by atoms with Crippen LogP contribution in [0, 0.1) is 0 Å². The van der Waals surface area contributed by atoms with Crippen molar-refractivity contribution in [2.45, 2.75) is 322 Å². The molecule has 0 aliphatic carbocycles. The zero-order valence-corrected chi connectivity index (χ0v) is 43.8. The molecule has 0 unspecified atom stereocenters. The topological polar surface area (TPSA) is 78.9 Å². The fourth-order valence-electron chi connectivity index (χ4n) is 8.55. The number of esters is 3. The van der Waals surface area contributed by atoms with Crippen molar-refractivity contribution in [3.8, 4) is 0 Å². The number of hydrogen-bond acceptors (Lipinski definition) is 6. The number of ether oxygens (including phenoxy) is 3. The molecule has 0 saturated carbocycles. The Morgan fingerprint density at radius 2 is 0.508 bits per heavy atom. The van der Waals surface area contributed by atoms with E-state index in [0.29, 0.717) is 19.3 Å². The molecule has 0 aromatic heterocycles. The van der Waals surface area contributed by atoms with Gasteiger partial charge in [-0.05, 0) is 70.6 Å². The second-order valence-electron chi connectivity index (χ2n) is 19.6. The summed E-state index contributed by atoms with van der Waals surface area (Å²) < 4.78 is 16.9. The number of carbonyl (C=O) groups is 3. The first-order chi connectivity index (χ1) is 32.0. The third kappa shape index (κ3) is 52.7. The lowest BCUT2D eigenvalue weighted by Gasteiger charge is -2.18. The van der Waals surface area contributed by atoms with Crippen LogP contribution in [-0.2, 0) is 28.6 Å². The van der Waals surface area contributed by atoms with Gasteiger partial charge in [-0.2, -0.15) is 0 Å². The molecular formula is C59H110O6. The molecule has 65 heavy (non-hydrogen) atoms. The molecule has 0 aliphatic heterocycles. The highest BCUT2D eigenvalue weighted by Crippen LogP contribution is 2.17. The highest BCUT2D eigenvalue weighted by atomic mass is 16.6. The van der Waals surface area contributed by atoms with Gasteiger partial charge in [0.15, 0.2) is 6.10 Å². The number of unbranched alkanes of at least 4 members (excludes halogenated alkanes) is 38. The van der Waals surface area contributed by atoms with Gasteiger partial charge in [0.2, 0.25) is 0 Å². The Morgan fingerprint density at radius 3 is 0.769 bits per heavy atom. The van der Waals surface area contributed by atoms with Crippen LogP contribution in [0.2, 0.25) is 0 Å². The summed E-state index contributed by atoms with van der Waals surface area (Å²) in [4.78, 5) is 38.1. The summed E-state index contributed by atoms with van der Waals surface area (Å²) in [6.07, 6.45) is 63.1. The van der Waals surface area contributed by atoms with E-state index >= 15 is 0 Å². The molecule has 0 aromatic rings. The van der Waals surface area contributed by atoms with E-state index in [1.807, 2.05) is 0 Å². The van der Waals surface area contributed by atoms with Crippen molar-refractivity contribution in [1.29, 1.82) is 0 Å². The molecule has 0 aliphatic rings. The summed E-state index contributed by atoms with van der Waals surface area (Å²) in [6, 6.07) is 0. The molecule has 0 N–H and O–H groups in total. The average Bonchev–Trinajstić information content (AvgIpc) is 3.30. The van der Waals surface area contributed by atoms with Crippen LogP contribution < -0.4 is 0 Å². The van der Waals surface area contributed by atoms with E-state index in [1.54, 1.807) is 0 Å². The van der Waals surface area contributed by atoms with Gasteiger partial charge in [-0.3, -0.25) is 14.4 Å². The van der Waals surface area contributed by atoms with E-state index in [1.165, 1.54) is 205 Å². The summed E-state index contributed by atoms with van der Waals surface area (Å²) in [5.41, 5.74) is 0. The molecule has 382 valence electrons. The molecule has 0 amide bonds. The molecule has 0 saturated heterocycles. The van der Waals surface area contributed by atoms with E-state index < -0.39 is 6.10 Å². The Kier molecular flexibility index (Phi) is 52.7. The van der Waals surface area contributed by atoms with Crippen LogP contribution in [0.15, 0.2) is 24.3 Å². The molecule has 1 atom stereocenters. The summed E-state index contributed by atoms with van der Waals surface area (Å²) in [7, 11) is 0. The van der Waals surface area contributed by atoms with Gasteiger partial charge in [-0.25, -0.2) is 0 Å². The highest BCUT2D eigenvalue weighted by Gasteiger charge is 2.19. The second kappa shape index (κ2) is 54.5. The fourth-order valence-corrected chi connectivity index (χ4v) is 8.55. The Hall–Kier alpha value is -2.11. The zero-order valence-electron chi connectivity index (χ0n) is 43.8. The van der Waals surface area contributed by atoms with E-state index in [0.717, 1.165) is 70.6 Å². The van der Waals surface area contributed by atoms with Crippen molar-refractivity contribution in [2.24, 2.45) is 0 Å². The maximum absolute atomic E-state index is 12.8. The van der Waals surface area contributed by atoms with Crippen molar-refractivity contribution in [3.05, 3.63) is 24.3 Å².